The molecule has 0 spiro atoms. The molecule has 1 atom stereocenters. The second-order valence-corrected chi connectivity index (χ2v) is 7.19. The summed E-state index contributed by atoms with van der Waals surface area (Å²) in [7, 11) is 0. The normalized spacial score (nSPS) is 18.5. The second-order valence-electron chi connectivity index (χ2n) is 7.19. The minimum absolute atomic E-state index is 0.126. The first-order chi connectivity index (χ1) is 13.5. The van der Waals surface area contributed by atoms with Crippen molar-refractivity contribution in [2.45, 2.75) is 25.7 Å². The molecule has 0 bridgehead atoms. The summed E-state index contributed by atoms with van der Waals surface area (Å²) in [6.07, 6.45) is 4.91. The molecule has 0 aromatic heterocycles. The topological polar surface area (TPSA) is 66.4 Å². The number of hydrogen-bond acceptors (Lipinski definition) is 2. The van der Waals surface area contributed by atoms with Crippen molar-refractivity contribution in [2.75, 3.05) is 0 Å². The van der Waals surface area contributed by atoms with Gasteiger partial charge in [-0.3, -0.25) is 4.79 Å². The summed E-state index contributed by atoms with van der Waals surface area (Å²) in [6, 6.07) is 13.4. The molecule has 1 amide bonds. The number of benzene rings is 2. The largest absolute Gasteiger partial charge is 0.478 e. The molecular formula is C23H20FNO3. The van der Waals surface area contributed by atoms with Gasteiger partial charge in [0, 0.05) is 17.7 Å². The number of hydrogen-bond donors (Lipinski definition) is 2. The highest BCUT2D eigenvalue weighted by molar-refractivity contribution is 5.99. The molecule has 4 rings (SSSR count). The zero-order valence-electron chi connectivity index (χ0n) is 15.2. The summed E-state index contributed by atoms with van der Waals surface area (Å²) < 4.78 is 13.1. The first-order valence-electron chi connectivity index (χ1n) is 9.33. The van der Waals surface area contributed by atoms with Crippen molar-refractivity contribution >= 4 is 11.9 Å². The Balaban J connectivity index is 1.57. The fourth-order valence-electron chi connectivity index (χ4n) is 4.10. The Bertz CT molecular complexity index is 1000. The van der Waals surface area contributed by atoms with E-state index in [9.17, 15) is 19.1 Å². The zero-order chi connectivity index (χ0) is 19.7. The van der Waals surface area contributed by atoms with Crippen molar-refractivity contribution < 1.29 is 19.1 Å². The summed E-state index contributed by atoms with van der Waals surface area (Å²) in [4.78, 5) is 24.4. The van der Waals surface area contributed by atoms with Gasteiger partial charge in [-0.25, -0.2) is 9.18 Å². The maximum Gasteiger partial charge on any atom is 0.337 e. The average molecular weight is 377 g/mol. The first-order valence-corrected chi connectivity index (χ1v) is 9.33. The predicted octanol–water partition coefficient (Wildman–Crippen LogP) is 4.03. The summed E-state index contributed by atoms with van der Waals surface area (Å²) in [5, 5.41) is 12.5. The lowest BCUT2D eigenvalue weighted by Crippen LogP contribution is -2.25. The highest BCUT2D eigenvalue weighted by Gasteiger charge is 2.32. The van der Waals surface area contributed by atoms with Crippen LogP contribution < -0.4 is 5.32 Å². The SMILES string of the molecule is O=C(O)C1=C(NC(=O)c2ccc(F)cc2)CC=C1C1CCc2ccccc2C1. The van der Waals surface area contributed by atoms with Gasteiger partial charge in [-0.2, -0.15) is 0 Å². The molecule has 0 saturated carbocycles. The van der Waals surface area contributed by atoms with E-state index in [-0.39, 0.29) is 11.5 Å². The van der Waals surface area contributed by atoms with Crippen LogP contribution in [0.1, 0.15) is 34.3 Å². The first kappa shape index (κ1) is 18.2. The molecule has 1 unspecified atom stereocenters. The number of fused-ring (bicyclic) bond motifs is 1. The third-order valence-electron chi connectivity index (χ3n) is 5.49. The summed E-state index contributed by atoms with van der Waals surface area (Å²) >= 11 is 0. The Morgan fingerprint density at radius 3 is 2.46 bits per heavy atom. The molecule has 28 heavy (non-hydrogen) atoms. The van der Waals surface area contributed by atoms with E-state index in [1.165, 1.54) is 35.4 Å². The van der Waals surface area contributed by atoms with E-state index in [2.05, 4.69) is 17.4 Å². The Kier molecular flexibility index (Phi) is 4.82. The van der Waals surface area contributed by atoms with Crippen molar-refractivity contribution in [3.8, 4) is 0 Å². The van der Waals surface area contributed by atoms with E-state index in [4.69, 9.17) is 0 Å². The van der Waals surface area contributed by atoms with Gasteiger partial charge in [0.2, 0.25) is 0 Å². The van der Waals surface area contributed by atoms with Gasteiger partial charge in [-0.1, -0.05) is 30.3 Å². The van der Waals surface area contributed by atoms with Crippen molar-refractivity contribution in [1.29, 1.82) is 0 Å². The molecule has 2 aromatic rings. The van der Waals surface area contributed by atoms with Gasteiger partial charge in [0.05, 0.1) is 5.57 Å². The standard InChI is InChI=1S/C23H20FNO3/c24-18-9-7-15(8-10-18)22(26)25-20-12-11-19(21(20)23(27)28)17-6-5-14-3-1-2-4-16(14)13-17/h1-4,7-11,17H,5-6,12-13H2,(H,25,26)(H,27,28). The molecule has 0 saturated heterocycles. The van der Waals surface area contributed by atoms with Gasteiger partial charge < -0.3 is 10.4 Å². The second kappa shape index (κ2) is 7.43. The van der Waals surface area contributed by atoms with Crippen molar-refractivity contribution in [1.82, 2.24) is 5.32 Å². The Morgan fingerprint density at radius 1 is 1.04 bits per heavy atom. The molecule has 2 aliphatic carbocycles. The van der Waals surface area contributed by atoms with Gasteiger partial charge in [0.15, 0.2) is 0 Å². The van der Waals surface area contributed by atoms with Crippen LogP contribution in [0.15, 0.2) is 71.5 Å². The third-order valence-corrected chi connectivity index (χ3v) is 5.49. The van der Waals surface area contributed by atoms with Crippen LogP contribution in [0, 0.1) is 11.7 Å². The number of amides is 1. The quantitative estimate of drug-likeness (QED) is 0.845. The number of carboxylic acids is 1. The Labute approximate surface area is 162 Å². The number of carbonyl (C=O) groups excluding carboxylic acids is 1. The Morgan fingerprint density at radius 2 is 1.75 bits per heavy atom. The van der Waals surface area contributed by atoms with E-state index in [0.717, 1.165) is 24.8 Å². The number of aliphatic carboxylic acids is 1. The van der Waals surface area contributed by atoms with Crippen molar-refractivity contribution in [2.24, 2.45) is 5.92 Å². The Hall–Kier alpha value is -3.21. The molecule has 0 heterocycles. The van der Waals surface area contributed by atoms with E-state index in [1.54, 1.807) is 0 Å². The van der Waals surface area contributed by atoms with E-state index in [1.807, 2.05) is 18.2 Å². The van der Waals surface area contributed by atoms with Crippen LogP contribution in [-0.2, 0) is 17.6 Å². The smallest absolute Gasteiger partial charge is 0.337 e. The lowest BCUT2D eigenvalue weighted by Gasteiger charge is -2.26. The average Bonchev–Trinajstić information content (AvgIpc) is 3.12. The number of halogens is 1. The number of carbonyl (C=O) groups is 2. The summed E-state index contributed by atoms with van der Waals surface area (Å²) in [5.74, 6) is -1.76. The van der Waals surface area contributed by atoms with Crippen LogP contribution >= 0.6 is 0 Å². The fourth-order valence-corrected chi connectivity index (χ4v) is 4.10. The van der Waals surface area contributed by atoms with Gasteiger partial charge in [-0.05, 0) is 66.1 Å². The number of carboxylic acid groups (broad SMARTS) is 1. The molecule has 142 valence electrons. The van der Waals surface area contributed by atoms with Crippen molar-refractivity contribution in [3.05, 3.63) is 94.0 Å². The van der Waals surface area contributed by atoms with E-state index < -0.39 is 17.7 Å². The van der Waals surface area contributed by atoms with Crippen LogP contribution in [-0.4, -0.2) is 17.0 Å². The fraction of sp³-hybridized carbons (Fsp3) is 0.217. The molecule has 5 heteroatoms. The minimum atomic E-state index is -1.03. The molecular weight excluding hydrogens is 357 g/mol. The van der Waals surface area contributed by atoms with Gasteiger partial charge >= 0.3 is 5.97 Å². The maximum atomic E-state index is 13.1. The van der Waals surface area contributed by atoms with Crippen LogP contribution in [0.5, 0.6) is 0 Å². The monoisotopic (exact) mass is 377 g/mol. The molecule has 2 N–H and O–H groups in total. The summed E-state index contributed by atoms with van der Waals surface area (Å²) in [5.41, 5.74) is 4.27. The zero-order valence-corrected chi connectivity index (χ0v) is 15.2. The maximum absolute atomic E-state index is 13.1. The lowest BCUT2D eigenvalue weighted by atomic mass is 9.78. The van der Waals surface area contributed by atoms with Crippen LogP contribution in [0.2, 0.25) is 0 Å². The molecule has 0 radical (unpaired) electrons. The van der Waals surface area contributed by atoms with Gasteiger partial charge in [0.25, 0.3) is 5.91 Å². The minimum Gasteiger partial charge on any atom is -0.478 e. The van der Waals surface area contributed by atoms with Crippen LogP contribution in [0.3, 0.4) is 0 Å². The van der Waals surface area contributed by atoms with Crippen molar-refractivity contribution in [3.63, 3.8) is 0 Å². The predicted molar refractivity (Wildman–Crippen MR) is 103 cm³/mol. The molecule has 2 aromatic carbocycles. The number of rotatable bonds is 4. The number of aryl methyl sites for hydroxylation is 1. The number of allylic oxidation sites excluding steroid dienone is 1. The molecule has 4 nitrogen and oxygen atoms in total. The summed E-state index contributed by atoms with van der Waals surface area (Å²) in [6.45, 7) is 0. The molecule has 0 fully saturated rings. The highest BCUT2D eigenvalue weighted by atomic mass is 19.1. The van der Waals surface area contributed by atoms with Gasteiger partial charge in [0.1, 0.15) is 5.82 Å². The lowest BCUT2D eigenvalue weighted by molar-refractivity contribution is -0.132. The highest BCUT2D eigenvalue weighted by Crippen LogP contribution is 2.38. The van der Waals surface area contributed by atoms with Gasteiger partial charge in [-0.15, -0.1) is 0 Å². The van der Waals surface area contributed by atoms with E-state index in [0.29, 0.717) is 17.7 Å². The molecule has 2 aliphatic rings. The molecule has 0 aliphatic heterocycles. The third kappa shape index (κ3) is 3.48. The van der Waals surface area contributed by atoms with E-state index >= 15 is 0 Å². The van der Waals surface area contributed by atoms with Crippen LogP contribution in [0.25, 0.3) is 0 Å². The number of nitrogens with one attached hydrogen (secondary N) is 1. The van der Waals surface area contributed by atoms with Crippen LogP contribution in [0.4, 0.5) is 4.39 Å².